The molecule has 11 aromatic rings. The van der Waals surface area contributed by atoms with Gasteiger partial charge in [-0.15, -0.1) is 0 Å². The summed E-state index contributed by atoms with van der Waals surface area (Å²) in [6, 6.07) is 52.0. The summed E-state index contributed by atoms with van der Waals surface area (Å²) in [4.78, 5) is 38.0. The molecule has 72 heavy (non-hydrogen) atoms. The van der Waals surface area contributed by atoms with Crippen LogP contribution in [0.25, 0.3) is 89.7 Å². The van der Waals surface area contributed by atoms with E-state index in [9.17, 15) is 0 Å². The predicted octanol–water partition coefficient (Wildman–Crippen LogP) is 12.4. The van der Waals surface area contributed by atoms with Crippen molar-refractivity contribution in [2.24, 2.45) is 0 Å². The molecular weight excluding hydrogens is 905 g/mol. The van der Waals surface area contributed by atoms with E-state index in [1.165, 1.54) is 0 Å². The summed E-state index contributed by atoms with van der Waals surface area (Å²) < 4.78 is 25.4. The van der Waals surface area contributed by atoms with Gasteiger partial charge in [0.25, 0.3) is 0 Å². The molecule has 16 nitrogen and oxygen atoms in total. The van der Waals surface area contributed by atoms with Crippen molar-refractivity contribution in [3.05, 3.63) is 170 Å². The SMILES string of the molecule is Nc1cc2c(cc1Oc1ccccc1)-c1nc-2nc2[nH]c(nc3nc(nc4[nH]c(n1)c1cc(N)c(Oc5ccccc5)cc41)-c1cc(N)c(Oc4ccccc4)cc1-3)c1cc(N)c(Oc3ccccc3)cc21. The minimum atomic E-state index is 0.307. The minimum absolute atomic E-state index is 0.307. The Hall–Kier alpha value is -10.5. The molecule has 0 saturated carbocycles. The molecule has 0 unspecified atom stereocenters. The van der Waals surface area contributed by atoms with Crippen LogP contribution in [0.5, 0.6) is 46.0 Å². The monoisotopic (exact) mass is 942 g/mol. The Morgan fingerprint density at radius 1 is 0.278 bits per heavy atom. The van der Waals surface area contributed by atoms with E-state index in [-0.39, 0.29) is 0 Å². The highest BCUT2D eigenvalue weighted by Crippen LogP contribution is 2.45. The number of aromatic nitrogens is 8. The van der Waals surface area contributed by atoms with Crippen LogP contribution in [0.1, 0.15) is 0 Å². The van der Waals surface area contributed by atoms with Crippen molar-refractivity contribution in [3.8, 4) is 91.5 Å². The summed E-state index contributed by atoms with van der Waals surface area (Å²) in [6.07, 6.45) is 0. The summed E-state index contributed by atoms with van der Waals surface area (Å²) in [7, 11) is 0. The number of hydrogen-bond acceptors (Lipinski definition) is 14. The lowest BCUT2D eigenvalue weighted by Crippen LogP contribution is -1.94. The van der Waals surface area contributed by atoms with Crippen molar-refractivity contribution in [2.75, 3.05) is 22.9 Å². The molecule has 5 heterocycles. The van der Waals surface area contributed by atoms with Gasteiger partial charge in [0.15, 0.2) is 46.3 Å². The largest absolute Gasteiger partial charge is 0.455 e. The van der Waals surface area contributed by atoms with E-state index < -0.39 is 0 Å². The number of ether oxygens (including phenoxy) is 4. The van der Waals surface area contributed by atoms with E-state index in [0.717, 1.165) is 0 Å². The molecule has 8 bridgehead atoms. The van der Waals surface area contributed by atoms with E-state index in [1.54, 1.807) is 24.3 Å². The average molecular weight is 943 g/mol. The third kappa shape index (κ3) is 7.44. The molecule has 0 saturated heterocycles. The molecule has 2 aliphatic rings. The molecular formula is C56H38N12O4. The summed E-state index contributed by atoms with van der Waals surface area (Å²) in [5, 5.41) is 2.52. The Morgan fingerprint density at radius 3 is 0.833 bits per heavy atom. The number of anilines is 4. The van der Waals surface area contributed by atoms with Crippen molar-refractivity contribution in [1.29, 1.82) is 0 Å². The maximum Gasteiger partial charge on any atom is 0.164 e. The molecule has 0 fully saturated rings. The number of aromatic amines is 2. The number of fused-ring (bicyclic) bond motifs is 20. The van der Waals surface area contributed by atoms with Crippen molar-refractivity contribution in [1.82, 2.24) is 39.9 Å². The highest BCUT2D eigenvalue weighted by molar-refractivity contribution is 6.09. The number of nitrogens with one attached hydrogen (secondary N) is 2. The fraction of sp³-hybridized carbons (Fsp3) is 0. The Bertz CT molecular complexity index is 3880. The normalized spacial score (nSPS) is 11.6. The van der Waals surface area contributed by atoms with E-state index in [4.69, 9.17) is 71.8 Å². The summed E-state index contributed by atoms with van der Waals surface area (Å²) in [5.74, 6) is 5.26. The van der Waals surface area contributed by atoms with Crippen molar-refractivity contribution in [3.63, 3.8) is 0 Å². The van der Waals surface area contributed by atoms with Gasteiger partial charge in [0.2, 0.25) is 0 Å². The molecule has 2 aliphatic heterocycles. The van der Waals surface area contributed by atoms with Crippen molar-refractivity contribution < 1.29 is 18.9 Å². The van der Waals surface area contributed by atoms with Crippen molar-refractivity contribution >= 4 is 66.9 Å². The van der Waals surface area contributed by atoms with Crippen LogP contribution < -0.4 is 41.9 Å². The first-order chi connectivity index (χ1) is 35.2. The Morgan fingerprint density at radius 2 is 0.528 bits per heavy atom. The van der Waals surface area contributed by atoms with Gasteiger partial charge in [-0.2, -0.15) is 0 Å². The van der Waals surface area contributed by atoms with Gasteiger partial charge < -0.3 is 51.9 Å². The maximum absolute atomic E-state index is 6.78. The Labute approximate surface area is 408 Å². The van der Waals surface area contributed by atoms with Crippen LogP contribution in [-0.4, -0.2) is 39.9 Å². The maximum atomic E-state index is 6.78. The van der Waals surface area contributed by atoms with Crippen LogP contribution in [0.2, 0.25) is 0 Å². The Kier molecular flexibility index (Phi) is 9.63. The third-order valence-electron chi connectivity index (χ3n) is 12.2. The number of nitrogen functional groups attached to an aromatic ring is 4. The number of nitrogens with zero attached hydrogens (tertiary/aromatic N) is 6. The lowest BCUT2D eigenvalue weighted by molar-refractivity contribution is 0.485. The first-order valence-corrected chi connectivity index (χ1v) is 22.7. The van der Waals surface area contributed by atoms with Gasteiger partial charge in [-0.25, -0.2) is 29.9 Å². The lowest BCUT2D eigenvalue weighted by atomic mass is 10.1. The molecule has 3 aromatic heterocycles. The fourth-order valence-electron chi connectivity index (χ4n) is 8.78. The quantitative estimate of drug-likeness (QED) is 0.0776. The zero-order chi connectivity index (χ0) is 48.5. The second kappa shape index (κ2) is 16.6. The lowest BCUT2D eigenvalue weighted by Gasteiger charge is -2.10. The molecule has 13 rings (SSSR count). The fourth-order valence-corrected chi connectivity index (χ4v) is 8.78. The second-order valence-corrected chi connectivity index (χ2v) is 17.0. The summed E-state index contributed by atoms with van der Waals surface area (Å²) >= 11 is 0. The van der Waals surface area contributed by atoms with E-state index in [2.05, 4.69) is 9.97 Å². The number of rotatable bonds is 8. The minimum Gasteiger partial charge on any atom is -0.455 e. The van der Waals surface area contributed by atoms with Crippen LogP contribution in [0.15, 0.2) is 170 Å². The van der Waals surface area contributed by atoms with Crippen LogP contribution in [0, 0.1) is 0 Å². The van der Waals surface area contributed by atoms with Gasteiger partial charge in [0, 0.05) is 43.8 Å². The number of hydrogen-bond donors (Lipinski definition) is 6. The number of benzene rings is 8. The predicted molar refractivity (Wildman–Crippen MR) is 280 cm³/mol. The van der Waals surface area contributed by atoms with E-state index in [0.29, 0.717) is 158 Å². The zero-order valence-corrected chi connectivity index (χ0v) is 37.8. The average Bonchev–Trinajstić information content (AvgIpc) is 4.10. The molecule has 10 N–H and O–H groups in total. The molecule has 0 atom stereocenters. The van der Waals surface area contributed by atoms with Gasteiger partial charge in [-0.1, -0.05) is 72.8 Å². The summed E-state index contributed by atoms with van der Waals surface area (Å²) in [6.45, 7) is 0. The summed E-state index contributed by atoms with van der Waals surface area (Å²) in [5.41, 5.74) is 32.5. The number of H-pyrrole nitrogens is 2. The second-order valence-electron chi connectivity index (χ2n) is 17.0. The highest BCUT2D eigenvalue weighted by Gasteiger charge is 2.26. The molecule has 0 spiro atoms. The van der Waals surface area contributed by atoms with Crippen LogP contribution in [-0.2, 0) is 0 Å². The first kappa shape index (κ1) is 41.7. The highest BCUT2D eigenvalue weighted by atomic mass is 16.5. The Balaban J connectivity index is 1.12. The van der Waals surface area contributed by atoms with Crippen LogP contribution in [0.3, 0.4) is 0 Å². The first-order valence-electron chi connectivity index (χ1n) is 22.7. The van der Waals surface area contributed by atoms with Gasteiger partial charge in [0.1, 0.15) is 45.6 Å². The number of nitrogens with two attached hydrogens (primary N) is 4. The van der Waals surface area contributed by atoms with Crippen molar-refractivity contribution in [2.45, 2.75) is 0 Å². The van der Waals surface area contributed by atoms with Crippen LogP contribution >= 0.6 is 0 Å². The molecule has 346 valence electrons. The molecule has 0 radical (unpaired) electrons. The van der Waals surface area contributed by atoms with Gasteiger partial charge >= 0.3 is 0 Å². The molecule has 0 amide bonds. The standard InChI is InChI=1S/C56H38N12O4/c57-41-21-33-37(25-45(41)69-29-13-5-1-6-14-29)53-61-49(33)66-54-39-27-47(71-31-17-9-3-10-18-31)43(59)23-35(39)51(63-54)68-56-40-28-48(72-32-19-11-4-12-20-32)44(60)24-36(40)52(64-56)67-55-38-26-46(70-30-15-7-2-8-16-30)42(58)22-34(38)50(62-55)65-53/h1-28H,57-60H2,(H2,61,62,63,64,65,66,67,68). The van der Waals surface area contributed by atoms with Gasteiger partial charge in [0.05, 0.1) is 22.7 Å². The third-order valence-corrected chi connectivity index (χ3v) is 12.2. The van der Waals surface area contributed by atoms with Gasteiger partial charge in [-0.05, 0) is 97.1 Å². The van der Waals surface area contributed by atoms with E-state index >= 15 is 0 Å². The number of para-hydroxylation sites is 4. The van der Waals surface area contributed by atoms with Crippen LogP contribution in [0.4, 0.5) is 22.7 Å². The van der Waals surface area contributed by atoms with Gasteiger partial charge in [-0.3, -0.25) is 0 Å². The zero-order valence-electron chi connectivity index (χ0n) is 37.8. The molecule has 8 aromatic carbocycles. The smallest absolute Gasteiger partial charge is 0.164 e. The topological polar surface area (TPSA) is 250 Å². The molecule has 16 heteroatoms. The van der Waals surface area contributed by atoms with E-state index in [1.807, 2.05) is 146 Å². The molecule has 0 aliphatic carbocycles.